The quantitative estimate of drug-likeness (QED) is 0.263. The van der Waals surface area contributed by atoms with Crippen molar-refractivity contribution >= 4 is 23.4 Å². The summed E-state index contributed by atoms with van der Waals surface area (Å²) in [7, 11) is 0. The molecule has 3 saturated carbocycles. The smallest absolute Gasteiger partial charge is 0.306 e. The summed E-state index contributed by atoms with van der Waals surface area (Å²) < 4.78 is 11.4. The Bertz CT molecular complexity index is 1490. The van der Waals surface area contributed by atoms with Crippen LogP contribution in [0.5, 0.6) is 0 Å². The van der Waals surface area contributed by atoms with E-state index in [2.05, 4.69) is 50.4 Å². The minimum absolute atomic E-state index is 0.0207. The number of nitrogens with one attached hydrogen (secondary N) is 1. The van der Waals surface area contributed by atoms with Crippen LogP contribution in [-0.4, -0.2) is 71.2 Å². The fourth-order valence-electron chi connectivity index (χ4n) is 11.0. The van der Waals surface area contributed by atoms with E-state index in [0.29, 0.717) is 31.9 Å². The molecule has 4 aliphatic carbocycles. The summed E-state index contributed by atoms with van der Waals surface area (Å²) in [6.45, 7) is 9.02. The van der Waals surface area contributed by atoms with E-state index in [1.165, 1.54) is 5.56 Å². The lowest BCUT2D eigenvalue weighted by Gasteiger charge is -2.60. The number of fused-ring (bicyclic) bond motifs is 5. The van der Waals surface area contributed by atoms with Crippen LogP contribution in [0.1, 0.15) is 110 Å². The molecule has 0 radical (unpaired) electrons. The molecular formula is C41H57NO8. The number of allylic oxidation sites excluding steroid dienone is 1. The highest BCUT2D eigenvalue weighted by molar-refractivity contribution is 5.92. The van der Waals surface area contributed by atoms with Crippen molar-refractivity contribution in [3.05, 3.63) is 47.5 Å². The highest BCUT2D eigenvalue weighted by Gasteiger charge is 2.68. The molecular weight excluding hydrogens is 634 g/mol. The molecule has 1 aliphatic heterocycles. The zero-order chi connectivity index (χ0) is 35.9. The van der Waals surface area contributed by atoms with E-state index in [1.54, 1.807) is 6.08 Å². The van der Waals surface area contributed by atoms with E-state index in [4.69, 9.17) is 9.47 Å². The first-order chi connectivity index (χ1) is 23.7. The molecule has 4 fully saturated rings. The van der Waals surface area contributed by atoms with E-state index in [0.717, 1.165) is 44.1 Å². The molecule has 274 valence electrons. The van der Waals surface area contributed by atoms with Crippen molar-refractivity contribution in [2.24, 2.45) is 34.5 Å². The summed E-state index contributed by atoms with van der Waals surface area (Å²) in [4.78, 5) is 51.3. The van der Waals surface area contributed by atoms with Gasteiger partial charge < -0.3 is 25.0 Å². The Morgan fingerprint density at radius 2 is 1.78 bits per heavy atom. The van der Waals surface area contributed by atoms with Crippen LogP contribution < -0.4 is 5.32 Å². The standard InChI is InChI=1S/C41H57NO8/c1-26(2)33-24-40(19-21-49-33,27-8-6-5-7-9-27)18-20-42-35(46)12-13-36(47)50-25-34(45)41(48)17-15-31-30-11-10-28-22-29(43)14-16-38(28,3)37(30)32(44)23-39(31,41)4/h5-9,22,26,30-33,37,44,48H,10-21,23-25H2,1-4H3,(H,42,46)/t30-,31-,32-,33+,37+,38-,39-,40+,41-/m0/s1. The maximum atomic E-state index is 13.6. The third-order valence-corrected chi connectivity index (χ3v) is 14.0. The fraction of sp³-hybridized carbons (Fsp3) is 0.707. The second kappa shape index (κ2) is 14.3. The second-order valence-electron chi connectivity index (χ2n) is 16.9. The number of rotatable bonds is 11. The van der Waals surface area contributed by atoms with Gasteiger partial charge in [-0.2, -0.15) is 0 Å². The third-order valence-electron chi connectivity index (χ3n) is 14.0. The molecule has 1 saturated heterocycles. The lowest BCUT2D eigenvalue weighted by Crippen LogP contribution is -2.62. The molecule has 3 N–H and O–H groups in total. The third kappa shape index (κ3) is 6.63. The molecule has 50 heavy (non-hydrogen) atoms. The molecule has 9 heteroatoms. The number of benzene rings is 1. The fourth-order valence-corrected chi connectivity index (χ4v) is 11.0. The first kappa shape index (κ1) is 36.9. The van der Waals surface area contributed by atoms with Gasteiger partial charge in [0.1, 0.15) is 5.60 Å². The van der Waals surface area contributed by atoms with Crippen molar-refractivity contribution in [1.82, 2.24) is 5.32 Å². The number of carbonyl (C=O) groups excluding carboxylic acids is 4. The molecule has 1 aromatic carbocycles. The van der Waals surface area contributed by atoms with Crippen molar-refractivity contribution in [3.63, 3.8) is 0 Å². The second-order valence-corrected chi connectivity index (χ2v) is 16.9. The van der Waals surface area contributed by atoms with Crippen molar-refractivity contribution in [1.29, 1.82) is 0 Å². The minimum atomic E-state index is -1.71. The van der Waals surface area contributed by atoms with Crippen molar-refractivity contribution in [2.45, 2.75) is 128 Å². The molecule has 1 amide bonds. The van der Waals surface area contributed by atoms with Gasteiger partial charge in [0, 0.05) is 36.8 Å². The predicted octanol–water partition coefficient (Wildman–Crippen LogP) is 5.39. The normalized spacial score (nSPS) is 38.0. The molecule has 6 rings (SSSR count). The van der Waals surface area contributed by atoms with Gasteiger partial charge >= 0.3 is 5.97 Å². The molecule has 0 unspecified atom stereocenters. The first-order valence-corrected chi connectivity index (χ1v) is 19.0. The Morgan fingerprint density at radius 3 is 2.52 bits per heavy atom. The molecule has 1 aromatic rings. The number of hydrogen-bond donors (Lipinski definition) is 3. The Balaban J connectivity index is 0.996. The Hall–Kier alpha value is -2.88. The number of carbonyl (C=O) groups is 4. The summed E-state index contributed by atoms with van der Waals surface area (Å²) in [5, 5.41) is 26.6. The van der Waals surface area contributed by atoms with Gasteiger partial charge in [0.05, 0.1) is 18.6 Å². The van der Waals surface area contributed by atoms with E-state index in [-0.39, 0.29) is 72.1 Å². The number of aliphatic hydroxyl groups excluding tert-OH is 1. The zero-order valence-electron chi connectivity index (χ0n) is 30.4. The van der Waals surface area contributed by atoms with E-state index < -0.39 is 35.5 Å². The van der Waals surface area contributed by atoms with Crippen molar-refractivity contribution in [3.8, 4) is 0 Å². The number of amides is 1. The SMILES string of the molecule is CC(C)[C@H]1C[C@](CCNC(=O)CCC(=O)OCC(=O)[C@@]2(O)CC[C@H]3[C@@H]4CCC5=CC(=O)CC[C@]5(C)[C@H]4[C@@H](O)C[C@@]32C)(c2ccccc2)CCO1. The van der Waals surface area contributed by atoms with Gasteiger partial charge in [-0.1, -0.05) is 63.6 Å². The highest BCUT2D eigenvalue weighted by Crippen LogP contribution is 2.67. The van der Waals surface area contributed by atoms with Crippen LogP contribution in [0.15, 0.2) is 42.0 Å². The van der Waals surface area contributed by atoms with Gasteiger partial charge in [0.2, 0.25) is 11.7 Å². The molecule has 0 bridgehead atoms. The number of esters is 1. The van der Waals surface area contributed by atoms with Gasteiger partial charge in [0.25, 0.3) is 0 Å². The van der Waals surface area contributed by atoms with Gasteiger partial charge in [-0.25, -0.2) is 0 Å². The molecule has 9 nitrogen and oxygen atoms in total. The van der Waals surface area contributed by atoms with Crippen molar-refractivity contribution in [2.75, 3.05) is 19.8 Å². The van der Waals surface area contributed by atoms with Crippen LogP contribution >= 0.6 is 0 Å². The van der Waals surface area contributed by atoms with Crippen LogP contribution in [0.3, 0.4) is 0 Å². The topological polar surface area (TPSA) is 139 Å². The highest BCUT2D eigenvalue weighted by atomic mass is 16.5. The van der Waals surface area contributed by atoms with Gasteiger partial charge in [-0.3, -0.25) is 19.2 Å². The van der Waals surface area contributed by atoms with E-state index >= 15 is 0 Å². The summed E-state index contributed by atoms with van der Waals surface area (Å²) in [5.41, 5.74) is -0.529. The lowest BCUT2D eigenvalue weighted by atomic mass is 9.45. The molecule has 0 spiro atoms. The Morgan fingerprint density at radius 1 is 1.02 bits per heavy atom. The van der Waals surface area contributed by atoms with Gasteiger partial charge in [-0.15, -0.1) is 0 Å². The first-order valence-electron chi connectivity index (χ1n) is 19.0. The van der Waals surface area contributed by atoms with Gasteiger partial charge in [-0.05, 0) is 98.5 Å². The maximum Gasteiger partial charge on any atom is 0.306 e. The summed E-state index contributed by atoms with van der Waals surface area (Å²) >= 11 is 0. The summed E-state index contributed by atoms with van der Waals surface area (Å²) in [6.07, 6.45) is 7.56. The average Bonchev–Trinajstić information content (AvgIpc) is 3.37. The minimum Gasteiger partial charge on any atom is -0.458 e. The zero-order valence-corrected chi connectivity index (χ0v) is 30.4. The Kier molecular flexibility index (Phi) is 10.5. The predicted molar refractivity (Wildman–Crippen MR) is 188 cm³/mol. The van der Waals surface area contributed by atoms with Crippen LogP contribution in [0.4, 0.5) is 0 Å². The summed E-state index contributed by atoms with van der Waals surface area (Å²) in [6, 6.07) is 10.4. The maximum absolute atomic E-state index is 13.6. The number of Topliss-reactive ketones (excluding diaryl/α,β-unsaturated/α-hetero) is 1. The number of ketones is 2. The van der Waals surface area contributed by atoms with E-state index in [1.807, 2.05) is 13.0 Å². The Labute approximate surface area is 296 Å². The average molecular weight is 692 g/mol. The molecule has 5 aliphatic rings. The monoisotopic (exact) mass is 691 g/mol. The summed E-state index contributed by atoms with van der Waals surface area (Å²) in [5.74, 6) is -0.747. The molecule has 9 atom stereocenters. The number of hydrogen-bond acceptors (Lipinski definition) is 8. The van der Waals surface area contributed by atoms with Crippen molar-refractivity contribution < 1.29 is 38.9 Å². The van der Waals surface area contributed by atoms with Gasteiger partial charge in [0.15, 0.2) is 12.4 Å². The van der Waals surface area contributed by atoms with Crippen LogP contribution in [-0.2, 0) is 34.1 Å². The molecule has 0 aromatic heterocycles. The van der Waals surface area contributed by atoms with Crippen LogP contribution in [0, 0.1) is 34.5 Å². The lowest BCUT2D eigenvalue weighted by molar-refractivity contribution is -0.184. The number of aliphatic hydroxyl groups is 2. The number of ether oxygens (including phenoxy) is 2. The van der Waals surface area contributed by atoms with E-state index in [9.17, 15) is 29.4 Å². The van der Waals surface area contributed by atoms with Crippen LogP contribution in [0.2, 0.25) is 0 Å². The largest absolute Gasteiger partial charge is 0.458 e. The van der Waals surface area contributed by atoms with Crippen LogP contribution in [0.25, 0.3) is 0 Å². The molecule has 1 heterocycles.